The zero-order valence-corrected chi connectivity index (χ0v) is 31.4. The summed E-state index contributed by atoms with van der Waals surface area (Å²) < 4.78 is 19.4. The summed E-state index contributed by atoms with van der Waals surface area (Å²) in [5.41, 5.74) is 6.21. The molecule has 1 N–H and O–H groups in total. The van der Waals surface area contributed by atoms with Crippen LogP contribution in [0.1, 0.15) is 72.4 Å². The van der Waals surface area contributed by atoms with Crippen LogP contribution in [0.15, 0.2) is 67.0 Å². The number of aromatic nitrogens is 1. The number of fused-ring (bicyclic) bond motifs is 1. The number of rotatable bonds is 12. The Morgan fingerprint density at radius 2 is 1.81 bits per heavy atom. The normalized spacial score (nSPS) is 20.4. The summed E-state index contributed by atoms with van der Waals surface area (Å²) in [6, 6.07) is 19.2. The highest BCUT2D eigenvalue weighted by Gasteiger charge is 2.31. The van der Waals surface area contributed by atoms with E-state index in [-0.39, 0.29) is 12.7 Å². The molecule has 0 amide bonds. The van der Waals surface area contributed by atoms with Crippen molar-refractivity contribution in [2.75, 3.05) is 33.3 Å². The number of hydrogen-bond acceptors (Lipinski definition) is 8. The standard InChI is InChI=1S/C42H44Cl2N4O5/c1-47-15-6-7-27(23-47)25-51-38-12-5-10-34(41(38)44)31-8-4-9-33-32(31)13-14-37(33)53-40-19-39(52-26-29-17-28(20-45)21-46-22-29)30(18-35(40)43)24-48-16-3-2-11-36(48)42(49)50/h4-5,8-10,12,17-19,21-22,27,36-37H,2-3,6-7,11,13-16,23-26H2,1H3,(H,49,50)/t27?,36-,37?/m0/s1. The second kappa shape index (κ2) is 16.8. The molecule has 3 aromatic carbocycles. The Balaban J connectivity index is 1.13. The number of likely N-dealkylation sites (tertiary alicyclic amines) is 2. The van der Waals surface area contributed by atoms with Crippen LogP contribution in [0.5, 0.6) is 17.2 Å². The summed E-state index contributed by atoms with van der Waals surface area (Å²) in [4.78, 5) is 20.6. The van der Waals surface area contributed by atoms with Crippen molar-refractivity contribution in [1.29, 1.82) is 5.26 Å². The largest absolute Gasteiger partial charge is 0.492 e. The fourth-order valence-corrected chi connectivity index (χ4v) is 8.50. The number of carboxylic acid groups (broad SMARTS) is 1. The topological polar surface area (TPSA) is 108 Å². The Hall–Kier alpha value is -4.33. The number of aliphatic carboxylic acids is 1. The van der Waals surface area contributed by atoms with Crippen molar-refractivity contribution in [3.8, 4) is 34.4 Å². The molecule has 3 aliphatic rings. The number of benzene rings is 3. The molecule has 0 spiro atoms. The van der Waals surface area contributed by atoms with Gasteiger partial charge in [-0.05, 0) is 93.6 Å². The predicted octanol–water partition coefficient (Wildman–Crippen LogP) is 8.73. The Kier molecular flexibility index (Phi) is 11.7. The minimum absolute atomic E-state index is 0.163. The maximum Gasteiger partial charge on any atom is 0.320 e. The van der Waals surface area contributed by atoms with E-state index in [0.717, 1.165) is 73.0 Å². The second-order valence-electron chi connectivity index (χ2n) is 14.4. The summed E-state index contributed by atoms with van der Waals surface area (Å²) in [5, 5.41) is 20.3. The highest BCUT2D eigenvalue weighted by molar-refractivity contribution is 6.35. The molecule has 11 heteroatoms. The van der Waals surface area contributed by atoms with E-state index in [4.69, 9.17) is 37.4 Å². The van der Waals surface area contributed by atoms with Gasteiger partial charge in [-0.2, -0.15) is 5.26 Å². The highest BCUT2D eigenvalue weighted by atomic mass is 35.5. The fraction of sp³-hybridized carbons (Fsp3) is 0.405. The van der Waals surface area contributed by atoms with E-state index in [0.29, 0.717) is 64.9 Å². The SMILES string of the molecule is CN1CCCC(COc2cccc(-c3cccc4c3CCC4Oc3cc(OCc4cncc(C#N)c4)c(CN4CCCC[C@H]4C(=O)O)cc3Cl)c2Cl)C1. The lowest BCUT2D eigenvalue weighted by Gasteiger charge is -2.33. The van der Waals surface area contributed by atoms with Gasteiger partial charge in [-0.15, -0.1) is 0 Å². The summed E-state index contributed by atoms with van der Waals surface area (Å²) in [6.45, 7) is 3.99. The van der Waals surface area contributed by atoms with Crippen LogP contribution >= 0.6 is 23.2 Å². The van der Waals surface area contributed by atoms with Crippen molar-refractivity contribution >= 4 is 29.2 Å². The number of carbonyl (C=O) groups is 1. The quantitative estimate of drug-likeness (QED) is 0.152. The fourth-order valence-electron chi connectivity index (χ4n) is 7.98. The van der Waals surface area contributed by atoms with Gasteiger partial charge in [0.05, 0.1) is 22.2 Å². The first-order valence-electron chi connectivity index (χ1n) is 18.4. The van der Waals surface area contributed by atoms with Crippen molar-refractivity contribution in [2.24, 2.45) is 5.92 Å². The highest BCUT2D eigenvalue weighted by Crippen LogP contribution is 2.45. The lowest BCUT2D eigenvalue weighted by atomic mass is 9.96. The molecule has 0 bridgehead atoms. The maximum atomic E-state index is 12.1. The van der Waals surface area contributed by atoms with Crippen LogP contribution in [0, 0.1) is 17.2 Å². The molecule has 53 heavy (non-hydrogen) atoms. The van der Waals surface area contributed by atoms with Gasteiger partial charge in [0.2, 0.25) is 0 Å². The van der Waals surface area contributed by atoms with Crippen molar-refractivity contribution in [3.63, 3.8) is 0 Å². The lowest BCUT2D eigenvalue weighted by Crippen LogP contribution is -2.44. The first-order chi connectivity index (χ1) is 25.8. The minimum atomic E-state index is -0.829. The number of piperidine rings is 2. The third-order valence-electron chi connectivity index (χ3n) is 10.6. The zero-order valence-electron chi connectivity index (χ0n) is 29.9. The first-order valence-corrected chi connectivity index (χ1v) is 19.2. The molecule has 0 radical (unpaired) electrons. The van der Waals surface area contributed by atoms with Crippen LogP contribution in [0.4, 0.5) is 0 Å². The van der Waals surface area contributed by atoms with Crippen molar-refractivity contribution in [1.82, 2.24) is 14.8 Å². The van der Waals surface area contributed by atoms with Crippen molar-refractivity contribution in [3.05, 3.63) is 105 Å². The summed E-state index contributed by atoms with van der Waals surface area (Å²) in [7, 11) is 2.16. The molecule has 9 nitrogen and oxygen atoms in total. The van der Waals surface area contributed by atoms with E-state index in [2.05, 4.69) is 35.1 Å². The van der Waals surface area contributed by atoms with Crippen LogP contribution in [-0.2, 0) is 24.4 Å². The molecule has 0 saturated carbocycles. The number of pyridine rings is 1. The van der Waals surface area contributed by atoms with E-state index < -0.39 is 12.0 Å². The Morgan fingerprint density at radius 3 is 2.64 bits per heavy atom. The summed E-state index contributed by atoms with van der Waals surface area (Å²) in [6.07, 6.45) is 9.21. The molecule has 7 rings (SSSR count). The third-order valence-corrected chi connectivity index (χ3v) is 11.3. The summed E-state index contributed by atoms with van der Waals surface area (Å²) >= 11 is 14.0. The Bertz CT molecular complexity index is 2000. The van der Waals surface area contributed by atoms with E-state index in [1.54, 1.807) is 12.3 Å². The first kappa shape index (κ1) is 37.0. The number of hydrogen-bond donors (Lipinski definition) is 1. The van der Waals surface area contributed by atoms with Gasteiger partial charge in [0.15, 0.2) is 0 Å². The van der Waals surface area contributed by atoms with Gasteiger partial charge in [-0.3, -0.25) is 14.7 Å². The van der Waals surface area contributed by atoms with Gasteiger partial charge >= 0.3 is 5.97 Å². The second-order valence-corrected chi connectivity index (χ2v) is 15.2. The Morgan fingerprint density at radius 1 is 0.962 bits per heavy atom. The smallest absolute Gasteiger partial charge is 0.320 e. The van der Waals surface area contributed by atoms with Gasteiger partial charge in [0, 0.05) is 54.2 Å². The molecule has 3 atom stereocenters. The summed E-state index contributed by atoms with van der Waals surface area (Å²) in [5.74, 6) is 1.38. The lowest BCUT2D eigenvalue weighted by molar-refractivity contribution is -0.144. The molecule has 2 saturated heterocycles. The van der Waals surface area contributed by atoms with Gasteiger partial charge in [-0.1, -0.05) is 60.0 Å². The minimum Gasteiger partial charge on any atom is -0.492 e. The molecular formula is C42H44Cl2N4O5. The molecule has 2 aliphatic heterocycles. The van der Waals surface area contributed by atoms with Crippen LogP contribution < -0.4 is 14.2 Å². The molecule has 2 unspecified atom stereocenters. The van der Waals surface area contributed by atoms with Gasteiger partial charge in [0.1, 0.15) is 42.1 Å². The molecular weight excluding hydrogens is 711 g/mol. The number of ether oxygens (including phenoxy) is 3. The van der Waals surface area contributed by atoms with Crippen LogP contribution in [0.3, 0.4) is 0 Å². The molecule has 3 heterocycles. The van der Waals surface area contributed by atoms with Crippen LogP contribution in [0.25, 0.3) is 11.1 Å². The molecule has 2 fully saturated rings. The van der Waals surface area contributed by atoms with E-state index in [1.807, 2.05) is 41.3 Å². The molecule has 276 valence electrons. The van der Waals surface area contributed by atoms with Crippen LogP contribution in [0.2, 0.25) is 10.0 Å². The van der Waals surface area contributed by atoms with E-state index >= 15 is 0 Å². The monoisotopic (exact) mass is 754 g/mol. The van der Waals surface area contributed by atoms with E-state index in [9.17, 15) is 15.2 Å². The average Bonchev–Trinajstić information content (AvgIpc) is 3.58. The van der Waals surface area contributed by atoms with E-state index in [1.165, 1.54) is 18.2 Å². The maximum absolute atomic E-state index is 12.1. The molecule has 4 aromatic rings. The number of halogens is 2. The van der Waals surface area contributed by atoms with Gasteiger partial charge < -0.3 is 24.2 Å². The molecule has 1 aliphatic carbocycles. The number of nitrogens with zero attached hydrogens (tertiary/aromatic N) is 4. The predicted molar refractivity (Wildman–Crippen MR) is 205 cm³/mol. The average molecular weight is 756 g/mol. The van der Waals surface area contributed by atoms with Crippen molar-refractivity contribution < 1.29 is 24.1 Å². The molecule has 1 aromatic heterocycles. The number of nitriles is 1. The number of carboxylic acids is 1. The van der Waals surface area contributed by atoms with Gasteiger partial charge in [0.25, 0.3) is 0 Å². The third kappa shape index (κ3) is 8.58. The van der Waals surface area contributed by atoms with Crippen LogP contribution in [-0.4, -0.2) is 65.2 Å². The van der Waals surface area contributed by atoms with Crippen molar-refractivity contribution in [2.45, 2.75) is 70.2 Å². The zero-order chi connectivity index (χ0) is 36.9. The Labute approximate surface area is 321 Å². The van der Waals surface area contributed by atoms with Gasteiger partial charge in [-0.25, -0.2) is 0 Å².